The molecule has 0 aromatic carbocycles. The minimum atomic E-state index is -4.29. The molecule has 0 aliphatic heterocycles. The zero-order valence-electron chi connectivity index (χ0n) is 7.59. The third-order valence-electron chi connectivity index (χ3n) is 1.31. The number of sulfone groups is 1. The third kappa shape index (κ3) is 5.02. The van der Waals surface area contributed by atoms with Gasteiger partial charge in [0.2, 0.25) is 0 Å². The minimum Gasteiger partial charge on any atom is -0.317 e. The first-order chi connectivity index (χ1) is 5.46. The van der Waals surface area contributed by atoms with Crippen molar-refractivity contribution in [3.8, 4) is 0 Å². The SMILES string of the molecule is CC(C)(C)S(=O)(=O)CSP(=O)(O)O. The van der Waals surface area contributed by atoms with Crippen LogP contribution < -0.4 is 0 Å². The average molecular weight is 248 g/mol. The Morgan fingerprint density at radius 2 is 1.69 bits per heavy atom. The molecule has 0 rings (SSSR count). The van der Waals surface area contributed by atoms with Gasteiger partial charge in [0.15, 0.2) is 9.84 Å². The number of hydrogen-bond donors (Lipinski definition) is 2. The molecular weight excluding hydrogens is 235 g/mol. The second kappa shape index (κ2) is 3.90. The van der Waals surface area contributed by atoms with E-state index in [9.17, 15) is 13.0 Å². The van der Waals surface area contributed by atoms with Crippen molar-refractivity contribution in [1.29, 1.82) is 0 Å². The number of hydrogen-bond acceptors (Lipinski definition) is 4. The van der Waals surface area contributed by atoms with Crippen LogP contribution in [0.2, 0.25) is 0 Å². The Kier molecular flexibility index (Phi) is 4.04. The van der Waals surface area contributed by atoms with Crippen LogP contribution >= 0.6 is 18.2 Å². The molecule has 0 unspecified atom stereocenters. The van der Waals surface area contributed by atoms with Crippen molar-refractivity contribution >= 4 is 28.0 Å². The van der Waals surface area contributed by atoms with Crippen molar-refractivity contribution in [2.45, 2.75) is 25.5 Å². The molecule has 0 saturated carbocycles. The summed E-state index contributed by atoms with van der Waals surface area (Å²) in [5, 5.41) is -0.555. The van der Waals surface area contributed by atoms with E-state index >= 15 is 0 Å². The molecule has 0 radical (unpaired) electrons. The van der Waals surface area contributed by atoms with Crippen molar-refractivity contribution in [3.05, 3.63) is 0 Å². The van der Waals surface area contributed by atoms with Gasteiger partial charge in [0.1, 0.15) is 5.08 Å². The van der Waals surface area contributed by atoms with Gasteiger partial charge in [-0.1, -0.05) is 0 Å². The van der Waals surface area contributed by atoms with Gasteiger partial charge in [-0.05, 0) is 32.2 Å². The van der Waals surface area contributed by atoms with Gasteiger partial charge >= 0.3 is 6.80 Å². The second-order valence-electron chi connectivity index (χ2n) is 3.46. The van der Waals surface area contributed by atoms with Crippen LogP contribution in [0.4, 0.5) is 0 Å². The van der Waals surface area contributed by atoms with E-state index in [2.05, 4.69) is 0 Å². The van der Waals surface area contributed by atoms with E-state index in [0.717, 1.165) is 0 Å². The quantitative estimate of drug-likeness (QED) is 0.723. The highest BCUT2D eigenvalue weighted by Crippen LogP contribution is 2.51. The maximum atomic E-state index is 11.3. The summed E-state index contributed by atoms with van der Waals surface area (Å²) in [6, 6.07) is 0. The normalized spacial score (nSPS) is 14.5. The summed E-state index contributed by atoms with van der Waals surface area (Å²) in [7, 11) is -3.46. The molecule has 13 heavy (non-hydrogen) atoms. The molecule has 0 aliphatic carbocycles. The Hall–Kier alpha value is 0.450. The predicted octanol–water partition coefficient (Wildman–Crippen LogP) is 0.983. The minimum absolute atomic E-state index is 0.146. The zero-order valence-corrected chi connectivity index (χ0v) is 10.1. The maximum absolute atomic E-state index is 11.3. The highest BCUT2D eigenvalue weighted by atomic mass is 32.7. The first-order valence-electron chi connectivity index (χ1n) is 3.38. The fraction of sp³-hybridized carbons (Fsp3) is 1.00. The van der Waals surface area contributed by atoms with Crippen LogP contribution in [-0.2, 0) is 14.4 Å². The van der Waals surface area contributed by atoms with Crippen molar-refractivity contribution in [2.75, 3.05) is 5.08 Å². The molecule has 0 spiro atoms. The van der Waals surface area contributed by atoms with Crippen LogP contribution in [0, 0.1) is 0 Å². The molecule has 0 fully saturated rings. The van der Waals surface area contributed by atoms with Crippen LogP contribution in [-0.4, -0.2) is 28.0 Å². The highest BCUT2D eigenvalue weighted by Gasteiger charge is 2.31. The molecular formula is C5H13O5PS2. The molecule has 2 N–H and O–H groups in total. The molecule has 0 aromatic rings. The van der Waals surface area contributed by atoms with Crippen LogP contribution in [0.15, 0.2) is 0 Å². The van der Waals surface area contributed by atoms with Crippen LogP contribution in [0.3, 0.4) is 0 Å². The largest absolute Gasteiger partial charge is 0.384 e. The monoisotopic (exact) mass is 248 g/mol. The molecule has 0 saturated heterocycles. The van der Waals surface area contributed by atoms with Gasteiger partial charge in [0, 0.05) is 0 Å². The smallest absolute Gasteiger partial charge is 0.317 e. The standard InChI is InChI=1S/C5H13O5PS2/c1-5(2,3)13(9,10)4-12-11(6,7)8/h4H2,1-3H3,(H2,6,7,8). The van der Waals surface area contributed by atoms with Crippen LogP contribution in [0.1, 0.15) is 20.8 Å². The summed E-state index contributed by atoms with van der Waals surface area (Å²) in [5.41, 5.74) is 0. The van der Waals surface area contributed by atoms with Crippen molar-refractivity contribution < 1.29 is 22.8 Å². The Morgan fingerprint density at radius 3 is 1.92 bits per heavy atom. The average Bonchev–Trinajstić information content (AvgIpc) is 1.79. The Balaban J connectivity index is 4.49. The summed E-state index contributed by atoms with van der Waals surface area (Å²) in [5.74, 6) is 0. The van der Waals surface area contributed by atoms with Gasteiger partial charge in [-0.25, -0.2) is 13.0 Å². The topological polar surface area (TPSA) is 91.7 Å². The molecule has 0 amide bonds. The first-order valence-corrected chi connectivity index (χ1v) is 8.24. The van der Waals surface area contributed by atoms with Gasteiger partial charge in [0.05, 0.1) is 4.75 Å². The lowest BCUT2D eigenvalue weighted by molar-refractivity contribution is 0.397. The highest BCUT2D eigenvalue weighted by molar-refractivity contribution is 8.56. The fourth-order valence-electron chi connectivity index (χ4n) is 0.315. The first kappa shape index (κ1) is 13.4. The number of rotatable bonds is 3. The molecule has 0 aliphatic rings. The van der Waals surface area contributed by atoms with E-state index in [-0.39, 0.29) is 11.4 Å². The van der Waals surface area contributed by atoms with Crippen LogP contribution in [0.25, 0.3) is 0 Å². The lowest BCUT2D eigenvalue weighted by Crippen LogP contribution is -2.29. The van der Waals surface area contributed by atoms with Gasteiger partial charge < -0.3 is 9.79 Å². The van der Waals surface area contributed by atoms with Crippen molar-refractivity contribution in [1.82, 2.24) is 0 Å². The molecule has 8 heteroatoms. The molecule has 5 nitrogen and oxygen atoms in total. The second-order valence-corrected chi connectivity index (χ2v) is 10.3. The van der Waals surface area contributed by atoms with E-state index in [4.69, 9.17) is 9.79 Å². The fourth-order valence-corrected chi connectivity index (χ4v) is 5.32. The van der Waals surface area contributed by atoms with E-state index in [1.807, 2.05) is 0 Å². The van der Waals surface area contributed by atoms with Gasteiger partial charge in [-0.2, -0.15) is 0 Å². The molecule has 0 atom stereocenters. The zero-order chi connectivity index (χ0) is 10.9. The summed E-state index contributed by atoms with van der Waals surface area (Å²) < 4.78 is 32.1. The lowest BCUT2D eigenvalue weighted by Gasteiger charge is -2.18. The molecule has 0 bridgehead atoms. The van der Waals surface area contributed by atoms with Crippen molar-refractivity contribution in [3.63, 3.8) is 0 Å². The molecule has 0 aromatic heterocycles. The third-order valence-corrected chi connectivity index (χ3v) is 7.13. The van der Waals surface area contributed by atoms with Crippen molar-refractivity contribution in [2.24, 2.45) is 0 Å². The Labute approximate surface area is 81.7 Å². The van der Waals surface area contributed by atoms with E-state index in [1.165, 1.54) is 20.8 Å². The van der Waals surface area contributed by atoms with E-state index in [0.29, 0.717) is 0 Å². The lowest BCUT2D eigenvalue weighted by atomic mass is 10.3. The predicted molar refractivity (Wildman–Crippen MR) is 53.2 cm³/mol. The van der Waals surface area contributed by atoms with E-state index in [1.54, 1.807) is 0 Å². The summed E-state index contributed by atoms with van der Waals surface area (Å²) in [6.45, 7) is 0.172. The Bertz CT molecular complexity index is 308. The van der Waals surface area contributed by atoms with Crippen LogP contribution in [0.5, 0.6) is 0 Å². The summed E-state index contributed by atoms with van der Waals surface area (Å²) in [6.07, 6.45) is 0. The van der Waals surface area contributed by atoms with E-state index < -0.39 is 26.5 Å². The summed E-state index contributed by atoms with van der Waals surface area (Å²) >= 11 is 0.146. The van der Waals surface area contributed by atoms with Gasteiger partial charge in [-0.3, -0.25) is 0 Å². The Morgan fingerprint density at radius 1 is 1.31 bits per heavy atom. The molecule has 0 heterocycles. The molecule has 80 valence electrons. The maximum Gasteiger partial charge on any atom is 0.384 e. The van der Waals surface area contributed by atoms with Gasteiger partial charge in [-0.15, -0.1) is 0 Å². The van der Waals surface area contributed by atoms with Gasteiger partial charge in [0.25, 0.3) is 0 Å². The summed E-state index contributed by atoms with van der Waals surface area (Å²) in [4.78, 5) is 16.9.